The molecule has 4 rings (SSSR count). The van der Waals surface area contributed by atoms with Gasteiger partial charge in [-0.15, -0.1) is 0 Å². The molecule has 0 spiro atoms. The number of carbonyl (C=O) groups excluding carboxylic acids is 4. The van der Waals surface area contributed by atoms with Gasteiger partial charge in [-0.25, -0.2) is 18.4 Å². The van der Waals surface area contributed by atoms with Crippen LogP contribution in [0.5, 0.6) is 0 Å². The fourth-order valence-corrected chi connectivity index (χ4v) is 4.16. The molecule has 3 heterocycles. The number of anilines is 2. The standard InChI is InChI=1S/C24H26F2N6O6/c1-37-23(35)29-12-17-14-32(24(36)38-17)16-9-18(25)21(19(26)10-16)31-7-5-30(6-8-31)20(33)13-28-22(34)15-3-2-4-27-11-15/h2-4,9-11,17H,5-8,12-14H2,1H3,(H,28,34)(H,29,35)/t17-/m0/s1. The fourth-order valence-electron chi connectivity index (χ4n) is 4.16. The third kappa shape index (κ3) is 6.07. The van der Waals surface area contributed by atoms with Crippen LogP contribution in [-0.4, -0.2) is 92.9 Å². The van der Waals surface area contributed by atoms with E-state index in [0.717, 1.165) is 17.0 Å². The van der Waals surface area contributed by atoms with E-state index >= 15 is 8.78 Å². The number of alkyl carbamates (subject to hydrolysis) is 1. The van der Waals surface area contributed by atoms with Crippen molar-refractivity contribution in [3.05, 3.63) is 53.9 Å². The Bertz CT molecular complexity index is 1190. The summed E-state index contributed by atoms with van der Waals surface area (Å²) in [6, 6.07) is 5.27. The molecule has 2 aliphatic rings. The van der Waals surface area contributed by atoms with Crippen LogP contribution in [0.25, 0.3) is 0 Å². The van der Waals surface area contributed by atoms with E-state index in [4.69, 9.17) is 4.74 Å². The molecule has 38 heavy (non-hydrogen) atoms. The van der Waals surface area contributed by atoms with Crippen molar-refractivity contribution >= 4 is 35.4 Å². The lowest BCUT2D eigenvalue weighted by molar-refractivity contribution is -0.130. The van der Waals surface area contributed by atoms with E-state index in [1.54, 1.807) is 12.1 Å². The Morgan fingerprint density at radius 3 is 2.47 bits per heavy atom. The Kier molecular flexibility index (Phi) is 8.19. The number of nitrogens with zero attached hydrogens (tertiary/aromatic N) is 4. The lowest BCUT2D eigenvalue weighted by atomic mass is 10.2. The monoisotopic (exact) mass is 532 g/mol. The summed E-state index contributed by atoms with van der Waals surface area (Å²) < 4.78 is 39.7. The van der Waals surface area contributed by atoms with E-state index in [1.165, 1.54) is 29.3 Å². The van der Waals surface area contributed by atoms with Crippen molar-refractivity contribution in [3.8, 4) is 0 Å². The smallest absolute Gasteiger partial charge is 0.414 e. The number of methoxy groups -OCH3 is 1. The van der Waals surface area contributed by atoms with Gasteiger partial charge in [-0.3, -0.25) is 19.5 Å². The number of hydrogen-bond acceptors (Lipinski definition) is 8. The minimum absolute atomic E-state index is 0.0147. The molecule has 1 atom stereocenters. The molecule has 0 radical (unpaired) electrons. The van der Waals surface area contributed by atoms with Gasteiger partial charge in [0.05, 0.1) is 38.0 Å². The molecule has 202 valence electrons. The van der Waals surface area contributed by atoms with Crippen LogP contribution in [-0.2, 0) is 14.3 Å². The predicted octanol–water partition coefficient (Wildman–Crippen LogP) is 1.12. The van der Waals surface area contributed by atoms with Gasteiger partial charge in [0, 0.05) is 50.7 Å². The number of rotatable bonds is 7. The molecule has 2 aromatic rings. The van der Waals surface area contributed by atoms with Crippen molar-refractivity contribution in [2.75, 3.05) is 62.7 Å². The Morgan fingerprint density at radius 1 is 1.13 bits per heavy atom. The number of pyridine rings is 1. The Hall–Kier alpha value is -4.49. The Morgan fingerprint density at radius 2 is 1.84 bits per heavy atom. The van der Waals surface area contributed by atoms with Gasteiger partial charge in [0.1, 0.15) is 11.8 Å². The summed E-state index contributed by atoms with van der Waals surface area (Å²) in [7, 11) is 1.19. The third-order valence-electron chi connectivity index (χ3n) is 6.12. The number of nitrogens with one attached hydrogen (secondary N) is 2. The van der Waals surface area contributed by atoms with E-state index in [9.17, 15) is 19.2 Å². The molecular weight excluding hydrogens is 506 g/mol. The summed E-state index contributed by atoms with van der Waals surface area (Å²) in [5.41, 5.74) is 0.0461. The Labute approximate surface area is 216 Å². The summed E-state index contributed by atoms with van der Waals surface area (Å²) in [5, 5.41) is 4.94. The topological polar surface area (TPSA) is 133 Å². The molecule has 0 bridgehead atoms. The fraction of sp³-hybridized carbons (Fsp3) is 0.375. The van der Waals surface area contributed by atoms with Crippen LogP contribution in [0.1, 0.15) is 10.4 Å². The quantitative estimate of drug-likeness (QED) is 0.542. The summed E-state index contributed by atoms with van der Waals surface area (Å²) in [6.07, 6.45) is 0.713. The molecule has 2 aliphatic heterocycles. The zero-order valence-electron chi connectivity index (χ0n) is 20.5. The van der Waals surface area contributed by atoms with E-state index in [-0.39, 0.29) is 63.1 Å². The highest BCUT2D eigenvalue weighted by atomic mass is 19.1. The van der Waals surface area contributed by atoms with E-state index < -0.39 is 35.8 Å². The first-order valence-corrected chi connectivity index (χ1v) is 11.8. The zero-order valence-corrected chi connectivity index (χ0v) is 20.5. The van der Waals surface area contributed by atoms with E-state index in [1.807, 2.05) is 0 Å². The number of cyclic esters (lactones) is 1. The normalized spacial score (nSPS) is 17.2. The van der Waals surface area contributed by atoms with Crippen LogP contribution in [0.2, 0.25) is 0 Å². The molecule has 2 saturated heterocycles. The maximum atomic E-state index is 15.0. The SMILES string of the molecule is COC(=O)NC[C@H]1CN(c2cc(F)c(N3CCN(C(=O)CNC(=O)c4cccnc4)CC3)c(F)c2)C(=O)O1. The zero-order chi connectivity index (χ0) is 27.2. The maximum Gasteiger partial charge on any atom is 0.414 e. The van der Waals surface area contributed by atoms with Crippen LogP contribution in [0.4, 0.5) is 29.7 Å². The maximum absolute atomic E-state index is 15.0. The molecule has 2 N–H and O–H groups in total. The number of carbonyl (C=O) groups is 4. The van der Waals surface area contributed by atoms with Crippen molar-refractivity contribution < 1.29 is 37.4 Å². The van der Waals surface area contributed by atoms with Gasteiger partial charge in [-0.05, 0) is 12.1 Å². The average Bonchev–Trinajstić information content (AvgIpc) is 3.30. The minimum atomic E-state index is -0.868. The van der Waals surface area contributed by atoms with Gasteiger partial charge < -0.3 is 29.9 Å². The first-order chi connectivity index (χ1) is 18.3. The number of amides is 4. The number of piperazine rings is 1. The molecule has 0 unspecified atom stereocenters. The molecule has 0 saturated carbocycles. The summed E-state index contributed by atoms with van der Waals surface area (Å²) >= 11 is 0. The third-order valence-corrected chi connectivity index (χ3v) is 6.12. The minimum Gasteiger partial charge on any atom is -0.453 e. The lowest BCUT2D eigenvalue weighted by Gasteiger charge is -2.36. The molecule has 2 fully saturated rings. The second-order valence-electron chi connectivity index (χ2n) is 8.54. The van der Waals surface area contributed by atoms with Crippen molar-refractivity contribution in [2.45, 2.75) is 6.10 Å². The second-order valence-corrected chi connectivity index (χ2v) is 8.54. The number of benzene rings is 1. The van der Waals surface area contributed by atoms with E-state index in [0.29, 0.717) is 5.56 Å². The molecular formula is C24H26F2N6O6. The van der Waals surface area contributed by atoms with Gasteiger partial charge in [0.25, 0.3) is 5.91 Å². The van der Waals surface area contributed by atoms with Gasteiger partial charge in [0.2, 0.25) is 5.91 Å². The van der Waals surface area contributed by atoms with Crippen LogP contribution in [0.3, 0.4) is 0 Å². The van der Waals surface area contributed by atoms with Crippen molar-refractivity contribution in [3.63, 3.8) is 0 Å². The van der Waals surface area contributed by atoms with Crippen molar-refractivity contribution in [1.29, 1.82) is 0 Å². The van der Waals surface area contributed by atoms with Gasteiger partial charge in [-0.1, -0.05) is 0 Å². The van der Waals surface area contributed by atoms with Crippen LogP contribution < -0.4 is 20.4 Å². The van der Waals surface area contributed by atoms with Crippen molar-refractivity contribution in [1.82, 2.24) is 20.5 Å². The largest absolute Gasteiger partial charge is 0.453 e. The van der Waals surface area contributed by atoms with Gasteiger partial charge >= 0.3 is 12.2 Å². The van der Waals surface area contributed by atoms with Crippen molar-refractivity contribution in [2.24, 2.45) is 0 Å². The summed E-state index contributed by atoms with van der Waals surface area (Å²) in [6.45, 7) is 0.497. The molecule has 1 aromatic carbocycles. The predicted molar refractivity (Wildman–Crippen MR) is 130 cm³/mol. The highest BCUT2D eigenvalue weighted by Gasteiger charge is 2.34. The lowest BCUT2D eigenvalue weighted by Crippen LogP contribution is -2.51. The molecule has 4 amide bonds. The average molecular weight is 533 g/mol. The van der Waals surface area contributed by atoms with Crippen LogP contribution in [0, 0.1) is 11.6 Å². The molecule has 12 nitrogen and oxygen atoms in total. The molecule has 1 aromatic heterocycles. The van der Waals surface area contributed by atoms with Crippen LogP contribution in [0.15, 0.2) is 36.7 Å². The van der Waals surface area contributed by atoms with Crippen LogP contribution >= 0.6 is 0 Å². The highest BCUT2D eigenvalue weighted by molar-refractivity contribution is 5.96. The van der Waals surface area contributed by atoms with Gasteiger partial charge in [-0.2, -0.15) is 0 Å². The molecule has 14 heteroatoms. The van der Waals surface area contributed by atoms with Gasteiger partial charge in [0.15, 0.2) is 11.6 Å². The number of halogens is 2. The number of aromatic nitrogens is 1. The second kappa shape index (κ2) is 11.7. The Balaban J connectivity index is 1.32. The first-order valence-electron chi connectivity index (χ1n) is 11.8. The highest BCUT2D eigenvalue weighted by Crippen LogP contribution is 2.31. The number of hydrogen-bond donors (Lipinski definition) is 2. The molecule has 0 aliphatic carbocycles. The van der Waals surface area contributed by atoms with E-state index in [2.05, 4.69) is 20.4 Å². The summed E-state index contributed by atoms with van der Waals surface area (Å²) in [5.74, 6) is -2.48. The summed E-state index contributed by atoms with van der Waals surface area (Å²) in [4.78, 5) is 56.0. The first kappa shape index (κ1) is 26.6. The number of ether oxygens (including phenoxy) is 2.